The first-order valence-electron chi connectivity index (χ1n) is 7.48. The van der Waals surface area contributed by atoms with Gasteiger partial charge in [0.2, 0.25) is 0 Å². The summed E-state index contributed by atoms with van der Waals surface area (Å²) >= 11 is 0. The quantitative estimate of drug-likeness (QED) is 0.786. The summed E-state index contributed by atoms with van der Waals surface area (Å²) in [5.41, 5.74) is -0.610. The van der Waals surface area contributed by atoms with Crippen molar-refractivity contribution in [3.05, 3.63) is 0 Å². The largest absolute Gasteiger partial charge is 0.480 e. The Kier molecular flexibility index (Phi) is 4.25. The summed E-state index contributed by atoms with van der Waals surface area (Å²) in [7, 11) is 0. The van der Waals surface area contributed by atoms with Crippen LogP contribution in [0.1, 0.15) is 52.9 Å². The minimum atomic E-state index is -0.987. The average Bonchev–Trinajstić information content (AvgIpc) is 3.11. The van der Waals surface area contributed by atoms with Gasteiger partial charge >= 0.3 is 12.1 Å². The Labute approximate surface area is 120 Å². The SMILES string of the molecule is CC(C)(C)OC(=O)NC(CCC1CC1C1CC1)C(=O)O. The summed E-state index contributed by atoms with van der Waals surface area (Å²) in [5.74, 6) is 1.41. The van der Waals surface area contributed by atoms with Gasteiger partial charge in [0.05, 0.1) is 0 Å². The van der Waals surface area contributed by atoms with Gasteiger partial charge in [-0.05, 0) is 70.6 Å². The summed E-state index contributed by atoms with van der Waals surface area (Å²) in [6.45, 7) is 5.27. The van der Waals surface area contributed by atoms with Crippen molar-refractivity contribution in [2.24, 2.45) is 17.8 Å². The molecule has 2 N–H and O–H groups in total. The normalized spacial score (nSPS) is 26.8. The van der Waals surface area contributed by atoms with Gasteiger partial charge in [0.25, 0.3) is 0 Å². The lowest BCUT2D eigenvalue weighted by Gasteiger charge is -2.22. The zero-order valence-corrected chi connectivity index (χ0v) is 12.5. The number of alkyl carbamates (subject to hydrolysis) is 1. The summed E-state index contributed by atoms with van der Waals surface area (Å²) in [4.78, 5) is 22.8. The van der Waals surface area contributed by atoms with Gasteiger partial charge in [0, 0.05) is 0 Å². The Morgan fingerprint density at radius 1 is 1.35 bits per heavy atom. The van der Waals surface area contributed by atoms with Crippen LogP contribution in [0, 0.1) is 17.8 Å². The van der Waals surface area contributed by atoms with Gasteiger partial charge in [-0.3, -0.25) is 0 Å². The lowest BCUT2D eigenvalue weighted by atomic mass is 10.1. The number of nitrogens with one attached hydrogen (secondary N) is 1. The van der Waals surface area contributed by atoms with Crippen LogP contribution in [-0.4, -0.2) is 28.8 Å². The van der Waals surface area contributed by atoms with Gasteiger partial charge in [0.15, 0.2) is 0 Å². The van der Waals surface area contributed by atoms with Crippen LogP contribution in [-0.2, 0) is 9.53 Å². The molecule has 20 heavy (non-hydrogen) atoms. The molecule has 5 heteroatoms. The number of carboxylic acids is 1. The van der Waals surface area contributed by atoms with E-state index in [4.69, 9.17) is 4.74 Å². The molecule has 2 saturated carbocycles. The van der Waals surface area contributed by atoms with Crippen LogP contribution < -0.4 is 5.32 Å². The van der Waals surface area contributed by atoms with E-state index in [2.05, 4.69) is 5.32 Å². The van der Waals surface area contributed by atoms with Crippen LogP contribution in [0.15, 0.2) is 0 Å². The maximum absolute atomic E-state index is 11.6. The Balaban J connectivity index is 1.72. The van der Waals surface area contributed by atoms with Crippen LogP contribution in [0.2, 0.25) is 0 Å². The van der Waals surface area contributed by atoms with Crippen LogP contribution in [0.25, 0.3) is 0 Å². The van der Waals surface area contributed by atoms with Gasteiger partial charge in [-0.2, -0.15) is 0 Å². The minimum Gasteiger partial charge on any atom is -0.480 e. The number of rotatable bonds is 6. The number of carboxylic acid groups (broad SMARTS) is 1. The predicted octanol–water partition coefficient (Wildman–Crippen LogP) is 2.79. The topological polar surface area (TPSA) is 75.6 Å². The summed E-state index contributed by atoms with van der Waals surface area (Å²) in [6, 6.07) is -0.842. The number of aliphatic carboxylic acids is 1. The highest BCUT2D eigenvalue weighted by Gasteiger charge is 2.47. The van der Waals surface area contributed by atoms with Crippen molar-refractivity contribution in [2.75, 3.05) is 0 Å². The third-order valence-electron chi connectivity index (χ3n) is 4.02. The van der Waals surface area contributed by atoms with E-state index in [1.807, 2.05) is 0 Å². The summed E-state index contributed by atoms with van der Waals surface area (Å²) in [5, 5.41) is 11.6. The van der Waals surface area contributed by atoms with E-state index in [0.29, 0.717) is 12.3 Å². The van der Waals surface area contributed by atoms with E-state index >= 15 is 0 Å². The van der Waals surface area contributed by atoms with E-state index < -0.39 is 23.7 Å². The molecule has 2 fully saturated rings. The fraction of sp³-hybridized carbons (Fsp3) is 0.867. The van der Waals surface area contributed by atoms with Crippen molar-refractivity contribution in [3.63, 3.8) is 0 Å². The molecular weight excluding hydrogens is 258 g/mol. The minimum absolute atomic E-state index is 0.489. The van der Waals surface area contributed by atoms with Gasteiger partial charge in [-0.25, -0.2) is 9.59 Å². The van der Waals surface area contributed by atoms with E-state index in [9.17, 15) is 14.7 Å². The van der Waals surface area contributed by atoms with Gasteiger partial charge in [-0.1, -0.05) is 0 Å². The molecule has 2 aliphatic carbocycles. The summed E-state index contributed by atoms with van der Waals surface area (Å²) in [6.07, 6.45) is 4.65. The van der Waals surface area contributed by atoms with Crippen LogP contribution in [0.3, 0.4) is 0 Å². The molecule has 0 saturated heterocycles. The molecule has 3 atom stereocenters. The highest BCUT2D eigenvalue weighted by atomic mass is 16.6. The Hall–Kier alpha value is -1.26. The first-order chi connectivity index (χ1) is 9.26. The highest BCUT2D eigenvalue weighted by molar-refractivity contribution is 5.79. The average molecular weight is 283 g/mol. The monoisotopic (exact) mass is 283 g/mol. The first-order valence-corrected chi connectivity index (χ1v) is 7.48. The first kappa shape index (κ1) is 15.1. The molecule has 0 heterocycles. The second-order valence-electron chi connectivity index (χ2n) is 7.11. The van der Waals surface area contributed by atoms with Crippen molar-refractivity contribution in [3.8, 4) is 0 Å². The molecule has 0 aliphatic heterocycles. The van der Waals surface area contributed by atoms with Crippen molar-refractivity contribution in [1.82, 2.24) is 5.32 Å². The molecule has 0 aromatic heterocycles. The third-order valence-corrected chi connectivity index (χ3v) is 4.02. The van der Waals surface area contributed by atoms with Gasteiger partial charge in [-0.15, -0.1) is 0 Å². The molecule has 0 radical (unpaired) electrons. The van der Waals surface area contributed by atoms with E-state index in [0.717, 1.165) is 18.3 Å². The Morgan fingerprint density at radius 2 is 2.00 bits per heavy atom. The maximum atomic E-state index is 11.6. The molecule has 0 bridgehead atoms. The standard InChI is InChI=1S/C15H25NO4/c1-15(2,3)20-14(19)16-12(13(17)18)7-6-10-8-11(10)9-4-5-9/h9-12H,4-8H2,1-3H3,(H,16,19)(H,17,18). The number of ether oxygens (including phenoxy) is 1. The Bertz CT molecular complexity index is 384. The molecule has 3 unspecified atom stereocenters. The second-order valence-corrected chi connectivity index (χ2v) is 7.11. The molecule has 1 amide bonds. The smallest absolute Gasteiger partial charge is 0.408 e. The van der Waals surface area contributed by atoms with Gasteiger partial charge < -0.3 is 15.2 Å². The fourth-order valence-electron chi connectivity index (χ4n) is 2.79. The van der Waals surface area contributed by atoms with E-state index in [1.165, 1.54) is 19.3 Å². The van der Waals surface area contributed by atoms with Crippen LogP contribution in [0.5, 0.6) is 0 Å². The predicted molar refractivity (Wildman–Crippen MR) is 74.3 cm³/mol. The highest BCUT2D eigenvalue weighted by Crippen LogP contribution is 2.56. The number of hydrogen-bond acceptors (Lipinski definition) is 3. The lowest BCUT2D eigenvalue weighted by Crippen LogP contribution is -2.43. The van der Waals surface area contributed by atoms with Crippen LogP contribution in [0.4, 0.5) is 4.79 Å². The number of carbonyl (C=O) groups excluding carboxylic acids is 1. The van der Waals surface area contributed by atoms with Crippen molar-refractivity contribution >= 4 is 12.1 Å². The molecule has 0 aromatic rings. The molecule has 5 nitrogen and oxygen atoms in total. The van der Waals surface area contributed by atoms with E-state index in [-0.39, 0.29) is 0 Å². The fourth-order valence-corrected chi connectivity index (χ4v) is 2.79. The molecule has 2 rings (SSSR count). The Morgan fingerprint density at radius 3 is 2.50 bits per heavy atom. The molecular formula is C15H25NO4. The zero-order valence-electron chi connectivity index (χ0n) is 12.5. The zero-order chi connectivity index (χ0) is 14.9. The molecule has 114 valence electrons. The van der Waals surface area contributed by atoms with E-state index in [1.54, 1.807) is 20.8 Å². The van der Waals surface area contributed by atoms with Crippen molar-refractivity contribution < 1.29 is 19.4 Å². The lowest BCUT2D eigenvalue weighted by molar-refractivity contribution is -0.139. The number of carbonyl (C=O) groups is 2. The summed E-state index contributed by atoms with van der Waals surface area (Å²) < 4.78 is 5.10. The number of hydrogen-bond donors (Lipinski definition) is 2. The molecule has 0 spiro atoms. The van der Waals surface area contributed by atoms with Gasteiger partial charge in [0.1, 0.15) is 11.6 Å². The van der Waals surface area contributed by atoms with Crippen molar-refractivity contribution in [1.29, 1.82) is 0 Å². The maximum Gasteiger partial charge on any atom is 0.408 e. The van der Waals surface area contributed by atoms with Crippen molar-refractivity contribution in [2.45, 2.75) is 64.5 Å². The van der Waals surface area contributed by atoms with Crippen LogP contribution >= 0.6 is 0 Å². The third kappa shape index (κ3) is 4.69. The molecule has 0 aromatic carbocycles. The molecule has 2 aliphatic rings. The second kappa shape index (κ2) is 5.62. The number of amides is 1.